The molecule has 7 atom stereocenters. The monoisotopic (exact) mass is 871 g/mol. The second-order valence-electron chi connectivity index (χ2n) is 14.8. The highest BCUT2D eigenvalue weighted by atomic mass is 16.4. The summed E-state index contributed by atoms with van der Waals surface area (Å²) in [5.41, 5.74) is 23.0. The molecule has 7 amide bonds. The Bertz CT molecular complexity index is 1960. The zero-order chi connectivity index (χ0) is 45.5. The lowest BCUT2D eigenvalue weighted by atomic mass is 10.1. The van der Waals surface area contributed by atoms with E-state index in [2.05, 4.69) is 46.2 Å². The van der Waals surface area contributed by atoms with E-state index < -0.39 is 108 Å². The summed E-state index contributed by atoms with van der Waals surface area (Å²) in [5, 5.41) is 29.1. The predicted molar refractivity (Wildman–Crippen MR) is 213 cm³/mol. The van der Waals surface area contributed by atoms with Gasteiger partial charge >= 0.3 is 11.9 Å². The van der Waals surface area contributed by atoms with Crippen molar-refractivity contribution in [2.75, 3.05) is 19.6 Å². The summed E-state index contributed by atoms with van der Waals surface area (Å²) < 4.78 is 0. The van der Waals surface area contributed by atoms with E-state index in [1.54, 1.807) is 0 Å². The number of amides is 7. The van der Waals surface area contributed by atoms with E-state index in [-0.39, 0.29) is 64.1 Å². The fraction of sp³-hybridized carbons (Fsp3) is 0.556. The molecule has 0 spiro atoms. The number of aromatic amines is 2. The molecule has 26 nitrogen and oxygen atoms in total. The summed E-state index contributed by atoms with van der Waals surface area (Å²) in [6.07, 6.45) is 4.85. The standard InChI is InChI=1S/C36H53N15O11/c37-20(10-18-14-41-16-44-18)29(55)47-22(13-28(53)54)30(56)48-23(11-19-15-42-17-45-19)33(59)50-8-3-6-26(50)32(58)49-24(12-27(38)52)34(60)51-9-2-5-25(51)31(57)46-21(35(61)62)4-1-7-43-36(39)40/h14-17,20-26H,1-13,37H2,(H2,38,52)(H,41,44)(H,42,45)(H,46,57)(H,47,55)(H,48,56)(H,49,58)(H,53,54)(H,61,62)(H4,39,40,43)/t20-,21-,22-,23-,24-,25-,26-/m0/s1. The van der Waals surface area contributed by atoms with E-state index >= 15 is 0 Å². The number of nitrogens with two attached hydrogens (primary N) is 4. The molecule has 2 aliphatic heterocycles. The highest BCUT2D eigenvalue weighted by Gasteiger charge is 2.43. The van der Waals surface area contributed by atoms with Crippen LogP contribution >= 0.6 is 0 Å². The molecule has 0 bridgehead atoms. The minimum absolute atomic E-state index is 0.0106. The number of carbonyl (C=O) groups excluding carboxylic acids is 7. The maximum atomic E-state index is 14.3. The van der Waals surface area contributed by atoms with Gasteiger partial charge in [0, 0.05) is 56.3 Å². The van der Waals surface area contributed by atoms with E-state index in [0.717, 1.165) is 4.90 Å². The van der Waals surface area contributed by atoms with Gasteiger partial charge < -0.3 is 74.2 Å². The molecule has 2 aromatic rings. The van der Waals surface area contributed by atoms with Crippen LogP contribution in [0.1, 0.15) is 62.8 Å². The molecule has 2 saturated heterocycles. The first-order valence-corrected chi connectivity index (χ1v) is 19.8. The molecule has 62 heavy (non-hydrogen) atoms. The Morgan fingerprint density at radius 1 is 0.726 bits per heavy atom. The van der Waals surface area contributed by atoms with Crippen molar-refractivity contribution in [3.05, 3.63) is 36.4 Å². The fourth-order valence-electron chi connectivity index (χ4n) is 7.18. The van der Waals surface area contributed by atoms with Gasteiger partial charge in [0.25, 0.3) is 0 Å². The minimum Gasteiger partial charge on any atom is -0.481 e. The highest BCUT2D eigenvalue weighted by molar-refractivity contribution is 5.99. The number of aliphatic carboxylic acids is 2. The lowest BCUT2D eigenvalue weighted by molar-refractivity contribution is -0.146. The van der Waals surface area contributed by atoms with Crippen molar-refractivity contribution in [2.45, 2.75) is 107 Å². The first-order chi connectivity index (χ1) is 29.4. The zero-order valence-corrected chi connectivity index (χ0v) is 33.7. The van der Waals surface area contributed by atoms with Crippen molar-refractivity contribution in [1.29, 1.82) is 0 Å². The molecule has 0 aromatic carbocycles. The normalized spacial score (nSPS) is 18.3. The van der Waals surface area contributed by atoms with Crippen molar-refractivity contribution in [3.8, 4) is 0 Å². The molecule has 4 rings (SSSR count). The fourth-order valence-corrected chi connectivity index (χ4v) is 7.18. The molecule has 0 aliphatic carbocycles. The van der Waals surface area contributed by atoms with Gasteiger partial charge in [-0.2, -0.15) is 0 Å². The smallest absolute Gasteiger partial charge is 0.326 e. The topological polar surface area (TPSA) is 422 Å². The third kappa shape index (κ3) is 13.7. The number of carboxylic acid groups (broad SMARTS) is 2. The number of hydrogen-bond donors (Lipinski definition) is 12. The van der Waals surface area contributed by atoms with Crippen LogP contribution in [0.25, 0.3) is 0 Å². The number of primary amides is 1. The Morgan fingerprint density at radius 2 is 1.26 bits per heavy atom. The van der Waals surface area contributed by atoms with Crippen molar-refractivity contribution < 1.29 is 53.4 Å². The van der Waals surface area contributed by atoms with Gasteiger partial charge in [0.2, 0.25) is 41.4 Å². The summed E-state index contributed by atoms with van der Waals surface area (Å²) in [6.45, 7) is 0.168. The molecular formula is C36H53N15O11. The zero-order valence-electron chi connectivity index (χ0n) is 33.7. The quantitative estimate of drug-likeness (QED) is 0.0282. The van der Waals surface area contributed by atoms with Crippen molar-refractivity contribution in [2.24, 2.45) is 27.9 Å². The van der Waals surface area contributed by atoms with Crippen LogP contribution in [0.3, 0.4) is 0 Å². The van der Waals surface area contributed by atoms with Crippen LogP contribution < -0.4 is 44.2 Å². The van der Waals surface area contributed by atoms with E-state index in [0.29, 0.717) is 24.2 Å². The van der Waals surface area contributed by atoms with E-state index in [1.807, 2.05) is 0 Å². The van der Waals surface area contributed by atoms with Crippen molar-refractivity contribution in [3.63, 3.8) is 0 Å². The van der Waals surface area contributed by atoms with Crippen LogP contribution in [0.4, 0.5) is 0 Å². The van der Waals surface area contributed by atoms with Crippen molar-refractivity contribution in [1.82, 2.24) is 51.0 Å². The van der Waals surface area contributed by atoms with Crippen LogP contribution in [0, 0.1) is 0 Å². The predicted octanol–water partition coefficient (Wildman–Crippen LogP) is -5.35. The van der Waals surface area contributed by atoms with E-state index in [9.17, 15) is 53.4 Å². The number of imidazole rings is 2. The number of aliphatic imine (C=N–C) groups is 1. The van der Waals surface area contributed by atoms with Crippen LogP contribution in [0.5, 0.6) is 0 Å². The maximum absolute atomic E-state index is 14.3. The first kappa shape index (κ1) is 47.6. The molecule has 16 N–H and O–H groups in total. The van der Waals surface area contributed by atoms with Gasteiger partial charge in [0.05, 0.1) is 31.5 Å². The Balaban J connectivity index is 1.48. The molecule has 0 unspecified atom stereocenters. The SMILES string of the molecule is NC(=O)C[C@H](NC(=O)[C@@H]1CCCN1C(=O)[C@H](Cc1cnc[nH]1)NC(=O)[C@H](CC(=O)O)NC(=O)[C@@H](N)Cc1cnc[nH]1)C(=O)N1CCC[C@H]1C(=O)N[C@@H](CCCN=C(N)N)C(=O)O. The Kier molecular flexibility index (Phi) is 17.2. The van der Waals surface area contributed by atoms with Crippen LogP contribution in [-0.4, -0.2) is 161 Å². The van der Waals surface area contributed by atoms with Gasteiger partial charge in [0.1, 0.15) is 36.3 Å². The number of hydrogen-bond acceptors (Lipinski definition) is 13. The molecule has 0 saturated carbocycles. The second-order valence-corrected chi connectivity index (χ2v) is 14.8. The summed E-state index contributed by atoms with van der Waals surface area (Å²) in [7, 11) is 0. The van der Waals surface area contributed by atoms with Gasteiger partial charge in [-0.05, 0) is 38.5 Å². The summed E-state index contributed by atoms with van der Waals surface area (Å²) >= 11 is 0. The number of likely N-dealkylation sites (tertiary alicyclic amines) is 2. The molecule has 26 heteroatoms. The lowest BCUT2D eigenvalue weighted by Crippen LogP contribution is -2.60. The van der Waals surface area contributed by atoms with E-state index in [1.165, 1.54) is 29.9 Å². The third-order valence-electron chi connectivity index (χ3n) is 10.2. The number of H-pyrrole nitrogens is 2. The van der Waals surface area contributed by atoms with Gasteiger partial charge in [-0.15, -0.1) is 0 Å². The summed E-state index contributed by atoms with van der Waals surface area (Å²) in [6, 6.07) is -9.60. The Hall–Kier alpha value is -7.12. The molecule has 2 aliphatic rings. The molecular weight excluding hydrogens is 818 g/mol. The minimum atomic E-state index is -1.68. The van der Waals surface area contributed by atoms with Gasteiger partial charge in [-0.25, -0.2) is 14.8 Å². The van der Waals surface area contributed by atoms with Gasteiger partial charge in [-0.1, -0.05) is 0 Å². The Morgan fingerprint density at radius 3 is 1.76 bits per heavy atom. The number of nitrogens with zero attached hydrogens (tertiary/aromatic N) is 5. The highest BCUT2D eigenvalue weighted by Crippen LogP contribution is 2.23. The second kappa shape index (κ2) is 22.5. The molecule has 2 aromatic heterocycles. The summed E-state index contributed by atoms with van der Waals surface area (Å²) in [5.74, 6) is -9.05. The summed E-state index contributed by atoms with van der Waals surface area (Å²) in [4.78, 5) is 137. The van der Waals surface area contributed by atoms with Crippen molar-refractivity contribution >= 4 is 59.2 Å². The number of carbonyl (C=O) groups is 9. The average Bonchev–Trinajstić information content (AvgIpc) is 4.05. The number of carboxylic acids is 2. The van der Waals surface area contributed by atoms with Crippen LogP contribution in [0.15, 0.2) is 30.0 Å². The first-order valence-electron chi connectivity index (χ1n) is 19.8. The lowest BCUT2D eigenvalue weighted by Gasteiger charge is -2.32. The van der Waals surface area contributed by atoms with Crippen LogP contribution in [-0.2, 0) is 56.0 Å². The van der Waals surface area contributed by atoms with Crippen LogP contribution in [0.2, 0.25) is 0 Å². The third-order valence-corrected chi connectivity index (χ3v) is 10.2. The molecule has 2 fully saturated rings. The molecule has 338 valence electrons. The number of rotatable bonds is 23. The average molecular weight is 872 g/mol. The molecule has 4 heterocycles. The number of nitrogens with one attached hydrogen (secondary N) is 6. The van der Waals surface area contributed by atoms with E-state index in [4.69, 9.17) is 22.9 Å². The molecule has 0 radical (unpaired) electrons. The van der Waals surface area contributed by atoms with Gasteiger partial charge in [0.15, 0.2) is 5.96 Å². The number of guanidine groups is 1. The van der Waals surface area contributed by atoms with Gasteiger partial charge in [-0.3, -0.25) is 43.3 Å². The largest absolute Gasteiger partial charge is 0.481 e. The Labute approximate surface area is 353 Å². The maximum Gasteiger partial charge on any atom is 0.326 e. The number of aromatic nitrogens is 4.